The van der Waals surface area contributed by atoms with Gasteiger partial charge in [-0.15, -0.1) is 0 Å². The first-order valence-corrected chi connectivity index (χ1v) is 8.18. The molecule has 24 heavy (non-hydrogen) atoms. The third-order valence-corrected chi connectivity index (χ3v) is 4.07. The zero-order chi connectivity index (χ0) is 17.1. The topological polar surface area (TPSA) is 102 Å². The molecule has 9 heteroatoms. The van der Waals surface area contributed by atoms with Crippen LogP contribution in [0.15, 0.2) is 33.7 Å². The minimum Gasteiger partial charge on any atom is -0.443 e. The Hall–Kier alpha value is -2.42. The number of nitrogens with zero attached hydrogens (tertiary/aromatic N) is 2. The van der Waals surface area contributed by atoms with Crippen molar-refractivity contribution in [1.29, 1.82) is 0 Å². The summed E-state index contributed by atoms with van der Waals surface area (Å²) in [5.74, 6) is -0.0114. The average molecular weight is 395 g/mol. The van der Waals surface area contributed by atoms with Crippen molar-refractivity contribution in [2.75, 3.05) is 6.54 Å². The summed E-state index contributed by atoms with van der Waals surface area (Å²) in [4.78, 5) is 39.1. The molecule has 1 atom stereocenters. The van der Waals surface area contributed by atoms with Gasteiger partial charge in [-0.3, -0.25) is 14.0 Å². The number of hydrogen-bond donors (Lipinski definition) is 2. The van der Waals surface area contributed by atoms with Crippen LogP contribution in [0, 0.1) is 0 Å². The van der Waals surface area contributed by atoms with Crippen molar-refractivity contribution in [1.82, 2.24) is 20.0 Å². The highest BCUT2D eigenvalue weighted by Gasteiger charge is 2.21. The molecule has 1 aliphatic rings. The summed E-state index contributed by atoms with van der Waals surface area (Å²) in [7, 11) is 0. The lowest BCUT2D eigenvalue weighted by atomic mass is 10.2. The van der Waals surface area contributed by atoms with Crippen LogP contribution in [-0.2, 0) is 16.1 Å². The van der Waals surface area contributed by atoms with Crippen molar-refractivity contribution in [2.45, 2.75) is 25.5 Å². The molecule has 126 valence electrons. The summed E-state index contributed by atoms with van der Waals surface area (Å²) in [5.41, 5.74) is 0.582. The molecule has 0 saturated carbocycles. The Morgan fingerprint density at radius 1 is 1.46 bits per heavy atom. The van der Waals surface area contributed by atoms with Gasteiger partial charge in [0.15, 0.2) is 0 Å². The second-order valence-electron chi connectivity index (χ2n) is 5.42. The van der Waals surface area contributed by atoms with Crippen molar-refractivity contribution >= 4 is 33.6 Å². The van der Waals surface area contributed by atoms with Gasteiger partial charge in [0.05, 0.1) is 5.69 Å². The second-order valence-corrected chi connectivity index (χ2v) is 6.34. The maximum absolute atomic E-state index is 12.0. The van der Waals surface area contributed by atoms with Crippen LogP contribution < -0.4 is 16.2 Å². The van der Waals surface area contributed by atoms with E-state index in [-0.39, 0.29) is 24.1 Å². The summed E-state index contributed by atoms with van der Waals surface area (Å²) >= 11 is 3.29. The van der Waals surface area contributed by atoms with Gasteiger partial charge >= 0.3 is 6.09 Å². The van der Waals surface area contributed by atoms with Gasteiger partial charge in [0.25, 0.3) is 5.56 Å². The number of fused-ring (bicyclic) bond motifs is 1. The standard InChI is InChI=1S/C15H15BrN4O4/c16-9-1-3-12-18-11(5-14(22)20(12)7-9)8-24-15(23)17-6-10-2-4-13(21)19-10/h1,3,5,7,10H,2,4,6,8H2,(H,17,23)(H,19,21). The van der Waals surface area contributed by atoms with Crippen LogP contribution in [-0.4, -0.2) is 34.0 Å². The molecule has 0 aromatic carbocycles. The first-order chi connectivity index (χ1) is 11.5. The Labute approximate surface area is 145 Å². The minimum atomic E-state index is -0.617. The Kier molecular flexibility index (Phi) is 4.79. The molecule has 2 aromatic heterocycles. The number of aromatic nitrogens is 2. The summed E-state index contributed by atoms with van der Waals surface area (Å²) < 4.78 is 7.22. The van der Waals surface area contributed by atoms with E-state index in [1.165, 1.54) is 10.5 Å². The van der Waals surface area contributed by atoms with Crippen molar-refractivity contribution in [3.8, 4) is 0 Å². The van der Waals surface area contributed by atoms with Crippen molar-refractivity contribution in [3.05, 3.63) is 44.9 Å². The van der Waals surface area contributed by atoms with E-state index in [4.69, 9.17) is 4.74 Å². The number of rotatable bonds is 4. The molecule has 1 aliphatic heterocycles. The van der Waals surface area contributed by atoms with E-state index >= 15 is 0 Å². The first-order valence-electron chi connectivity index (χ1n) is 7.39. The Balaban J connectivity index is 1.57. The monoisotopic (exact) mass is 394 g/mol. The second kappa shape index (κ2) is 7.00. The molecule has 2 N–H and O–H groups in total. The predicted molar refractivity (Wildman–Crippen MR) is 88.5 cm³/mol. The van der Waals surface area contributed by atoms with Gasteiger partial charge in [-0.1, -0.05) is 0 Å². The average Bonchev–Trinajstić information content (AvgIpc) is 2.97. The number of ether oxygens (including phenoxy) is 1. The summed E-state index contributed by atoms with van der Waals surface area (Å²) in [5, 5.41) is 5.33. The largest absolute Gasteiger partial charge is 0.443 e. The van der Waals surface area contributed by atoms with E-state index in [0.29, 0.717) is 30.7 Å². The number of carbonyl (C=O) groups is 2. The number of carbonyl (C=O) groups excluding carboxylic acids is 2. The normalized spacial score (nSPS) is 16.9. The van der Waals surface area contributed by atoms with Crippen LogP contribution in [0.3, 0.4) is 0 Å². The van der Waals surface area contributed by atoms with E-state index in [0.717, 1.165) is 4.47 Å². The van der Waals surface area contributed by atoms with Gasteiger partial charge in [0.2, 0.25) is 5.91 Å². The van der Waals surface area contributed by atoms with Gasteiger partial charge in [-0.2, -0.15) is 0 Å². The van der Waals surface area contributed by atoms with Crippen LogP contribution in [0.4, 0.5) is 4.79 Å². The smallest absolute Gasteiger partial charge is 0.407 e. The highest BCUT2D eigenvalue weighted by molar-refractivity contribution is 9.10. The molecule has 3 heterocycles. The number of halogens is 1. The highest BCUT2D eigenvalue weighted by Crippen LogP contribution is 2.10. The third-order valence-electron chi connectivity index (χ3n) is 3.61. The van der Waals surface area contributed by atoms with Gasteiger partial charge in [-0.05, 0) is 34.5 Å². The fourth-order valence-electron chi connectivity index (χ4n) is 2.43. The zero-order valence-electron chi connectivity index (χ0n) is 12.6. The Morgan fingerprint density at radius 3 is 3.04 bits per heavy atom. The van der Waals surface area contributed by atoms with Crippen LogP contribution in [0.25, 0.3) is 5.65 Å². The molecule has 0 spiro atoms. The van der Waals surface area contributed by atoms with Gasteiger partial charge in [-0.25, -0.2) is 9.78 Å². The van der Waals surface area contributed by atoms with Crippen LogP contribution in [0.2, 0.25) is 0 Å². The lowest BCUT2D eigenvalue weighted by Crippen LogP contribution is -2.38. The summed E-state index contributed by atoms with van der Waals surface area (Å²) in [6, 6.07) is 4.73. The molecular weight excluding hydrogens is 380 g/mol. The number of pyridine rings is 1. The third kappa shape index (κ3) is 3.91. The maximum Gasteiger partial charge on any atom is 0.407 e. The summed E-state index contributed by atoms with van der Waals surface area (Å²) in [6.45, 7) is 0.205. The molecule has 3 rings (SSSR count). The van der Waals surface area contributed by atoms with E-state index in [2.05, 4.69) is 31.5 Å². The number of hydrogen-bond acceptors (Lipinski definition) is 5. The quantitative estimate of drug-likeness (QED) is 0.803. The highest BCUT2D eigenvalue weighted by atomic mass is 79.9. The number of alkyl carbamates (subject to hydrolysis) is 1. The Morgan fingerprint density at radius 2 is 2.29 bits per heavy atom. The zero-order valence-corrected chi connectivity index (χ0v) is 14.2. The number of amides is 2. The maximum atomic E-state index is 12.0. The van der Waals surface area contributed by atoms with Gasteiger partial charge < -0.3 is 15.4 Å². The van der Waals surface area contributed by atoms with Crippen LogP contribution >= 0.6 is 15.9 Å². The molecule has 8 nitrogen and oxygen atoms in total. The van der Waals surface area contributed by atoms with E-state index < -0.39 is 6.09 Å². The molecule has 2 aromatic rings. The minimum absolute atomic E-state index is 0.0114. The molecule has 0 radical (unpaired) electrons. The molecular formula is C15H15BrN4O4. The van der Waals surface area contributed by atoms with E-state index in [1.807, 2.05) is 0 Å². The number of nitrogens with one attached hydrogen (secondary N) is 2. The van der Waals surface area contributed by atoms with Gasteiger partial charge in [0.1, 0.15) is 12.3 Å². The predicted octanol–water partition coefficient (Wildman–Crippen LogP) is 0.962. The lowest BCUT2D eigenvalue weighted by Gasteiger charge is -2.11. The fourth-order valence-corrected chi connectivity index (χ4v) is 2.76. The molecule has 2 amide bonds. The van der Waals surface area contributed by atoms with Crippen LogP contribution in [0.5, 0.6) is 0 Å². The molecule has 1 fully saturated rings. The van der Waals surface area contributed by atoms with E-state index in [9.17, 15) is 14.4 Å². The Bertz CT molecular complexity index is 851. The summed E-state index contributed by atoms with van der Waals surface area (Å²) in [6.07, 6.45) is 2.17. The molecule has 1 unspecified atom stereocenters. The fraction of sp³-hybridized carbons (Fsp3) is 0.333. The first kappa shape index (κ1) is 16.4. The van der Waals surface area contributed by atoms with Crippen molar-refractivity contribution < 1.29 is 14.3 Å². The lowest BCUT2D eigenvalue weighted by molar-refractivity contribution is -0.119. The van der Waals surface area contributed by atoms with Gasteiger partial charge in [0, 0.05) is 35.7 Å². The molecule has 0 bridgehead atoms. The van der Waals surface area contributed by atoms with Crippen molar-refractivity contribution in [2.24, 2.45) is 0 Å². The van der Waals surface area contributed by atoms with Crippen molar-refractivity contribution in [3.63, 3.8) is 0 Å². The van der Waals surface area contributed by atoms with Crippen LogP contribution in [0.1, 0.15) is 18.5 Å². The van der Waals surface area contributed by atoms with E-state index in [1.54, 1.807) is 18.3 Å². The molecule has 0 aliphatic carbocycles. The SMILES string of the molecule is O=C1CCC(CNC(=O)OCc2cc(=O)n3cc(Br)ccc3n2)N1. The molecule has 1 saturated heterocycles.